The van der Waals surface area contributed by atoms with Gasteiger partial charge in [0.1, 0.15) is 5.82 Å². The Morgan fingerprint density at radius 2 is 1.58 bits per heavy atom. The van der Waals surface area contributed by atoms with E-state index in [9.17, 15) is 19.1 Å². The van der Waals surface area contributed by atoms with Crippen LogP contribution >= 0.6 is 0 Å². The van der Waals surface area contributed by atoms with Gasteiger partial charge in [0, 0.05) is 37.6 Å². The van der Waals surface area contributed by atoms with E-state index in [1.807, 2.05) is 30.3 Å². The number of nitrogens with zero attached hydrogens (tertiary/aromatic N) is 3. The smallest absolute Gasteiger partial charge is 0.335 e. The fourth-order valence-electron chi connectivity index (χ4n) is 3.88. The minimum Gasteiger partial charge on any atom is -0.478 e. The van der Waals surface area contributed by atoms with Crippen LogP contribution in [0.15, 0.2) is 83.9 Å². The van der Waals surface area contributed by atoms with E-state index in [0.29, 0.717) is 50.1 Å². The third-order valence-electron chi connectivity index (χ3n) is 5.79. The van der Waals surface area contributed by atoms with Gasteiger partial charge in [0.2, 0.25) is 5.91 Å². The number of hydrogen-bond acceptors (Lipinski definition) is 4. The molecule has 0 atom stereocenters. The maximum Gasteiger partial charge on any atom is 0.335 e. The topological polar surface area (TPSA) is 97.3 Å². The van der Waals surface area contributed by atoms with E-state index in [1.54, 1.807) is 24.3 Å². The number of benzene rings is 3. The summed E-state index contributed by atoms with van der Waals surface area (Å²) >= 11 is 0. The lowest BCUT2D eigenvalue weighted by Crippen LogP contribution is -2.52. The fraction of sp³-hybridized carbons (Fsp3) is 0.222. The highest BCUT2D eigenvalue weighted by atomic mass is 19.1. The van der Waals surface area contributed by atoms with Crippen LogP contribution in [-0.4, -0.2) is 65.5 Å². The van der Waals surface area contributed by atoms with Crippen molar-refractivity contribution < 1.29 is 19.1 Å². The van der Waals surface area contributed by atoms with Crippen LogP contribution in [0.3, 0.4) is 0 Å². The number of carboxylic acids is 1. The predicted molar refractivity (Wildman–Crippen MR) is 138 cm³/mol. The van der Waals surface area contributed by atoms with Gasteiger partial charge in [0.15, 0.2) is 5.96 Å². The molecule has 1 amide bonds. The molecule has 0 spiro atoms. The molecule has 36 heavy (non-hydrogen) atoms. The minimum absolute atomic E-state index is 0.156. The molecular formula is C27H28FN5O3. The first-order valence-corrected chi connectivity index (χ1v) is 11.7. The standard InChI is InChI=1S/C27H28FN5O3/c28-22-9-11-23(12-10-22)30-25(34)19-32-13-15-33(16-14-32)27(29-18-20-5-2-1-3-6-20)31-24-8-4-7-21(17-24)26(35)36/h1-12,17H,13-16,18-19H2,(H,29,31)(H,30,34)(H,35,36). The van der Waals surface area contributed by atoms with Crippen LogP contribution in [0.25, 0.3) is 0 Å². The summed E-state index contributed by atoms with van der Waals surface area (Å²) in [5.41, 5.74) is 2.46. The monoisotopic (exact) mass is 489 g/mol. The predicted octanol–water partition coefficient (Wildman–Crippen LogP) is 3.75. The number of guanidine groups is 1. The second-order valence-electron chi connectivity index (χ2n) is 8.45. The van der Waals surface area contributed by atoms with Crippen molar-refractivity contribution >= 4 is 29.2 Å². The Bertz CT molecular complexity index is 1210. The second-order valence-corrected chi connectivity index (χ2v) is 8.45. The number of rotatable bonds is 7. The highest BCUT2D eigenvalue weighted by Gasteiger charge is 2.22. The van der Waals surface area contributed by atoms with Crippen molar-refractivity contribution in [3.05, 3.63) is 95.8 Å². The van der Waals surface area contributed by atoms with Crippen LogP contribution in [0.4, 0.5) is 15.8 Å². The van der Waals surface area contributed by atoms with Crippen LogP contribution in [0, 0.1) is 5.82 Å². The summed E-state index contributed by atoms with van der Waals surface area (Å²) in [4.78, 5) is 32.8. The van der Waals surface area contributed by atoms with E-state index in [4.69, 9.17) is 4.99 Å². The summed E-state index contributed by atoms with van der Waals surface area (Å²) in [5.74, 6) is -0.848. The van der Waals surface area contributed by atoms with Gasteiger partial charge < -0.3 is 20.6 Å². The van der Waals surface area contributed by atoms with Crippen molar-refractivity contribution in [1.82, 2.24) is 9.80 Å². The van der Waals surface area contributed by atoms with Gasteiger partial charge in [-0.2, -0.15) is 0 Å². The zero-order valence-corrected chi connectivity index (χ0v) is 19.7. The molecule has 0 unspecified atom stereocenters. The average Bonchev–Trinajstić information content (AvgIpc) is 2.89. The molecule has 0 aromatic heterocycles. The molecule has 8 nitrogen and oxygen atoms in total. The highest BCUT2D eigenvalue weighted by Crippen LogP contribution is 2.14. The van der Waals surface area contributed by atoms with E-state index in [0.717, 1.165) is 5.56 Å². The minimum atomic E-state index is -0.992. The Kier molecular flexibility index (Phi) is 8.25. The number of amides is 1. The molecule has 3 aromatic rings. The Balaban J connectivity index is 1.39. The molecule has 186 valence electrons. The van der Waals surface area contributed by atoms with Gasteiger partial charge in [0.25, 0.3) is 0 Å². The Labute approximate surface area is 209 Å². The molecule has 3 aromatic carbocycles. The normalized spacial score (nSPS) is 14.4. The first kappa shape index (κ1) is 24.9. The van der Waals surface area contributed by atoms with Gasteiger partial charge in [-0.25, -0.2) is 14.2 Å². The molecule has 0 saturated carbocycles. The van der Waals surface area contributed by atoms with Gasteiger partial charge in [-0.05, 0) is 48.0 Å². The first-order valence-electron chi connectivity index (χ1n) is 11.7. The van der Waals surface area contributed by atoms with Crippen LogP contribution in [0.2, 0.25) is 0 Å². The van der Waals surface area contributed by atoms with E-state index in [1.165, 1.54) is 24.3 Å². The lowest BCUT2D eigenvalue weighted by Gasteiger charge is -2.36. The molecule has 0 radical (unpaired) electrons. The van der Waals surface area contributed by atoms with Crippen LogP contribution in [0.1, 0.15) is 15.9 Å². The van der Waals surface area contributed by atoms with Gasteiger partial charge in [-0.15, -0.1) is 0 Å². The molecule has 3 N–H and O–H groups in total. The molecule has 1 heterocycles. The van der Waals surface area contributed by atoms with Gasteiger partial charge in [-0.1, -0.05) is 36.4 Å². The molecule has 1 aliphatic heterocycles. The number of aliphatic imine (C=N–C) groups is 1. The summed E-state index contributed by atoms with van der Waals surface area (Å²) in [7, 11) is 0. The zero-order chi connectivity index (χ0) is 25.3. The fourth-order valence-corrected chi connectivity index (χ4v) is 3.88. The number of carbonyl (C=O) groups is 2. The van der Waals surface area contributed by atoms with E-state index < -0.39 is 5.97 Å². The van der Waals surface area contributed by atoms with Gasteiger partial charge in [-0.3, -0.25) is 9.69 Å². The molecule has 4 rings (SSSR count). The van der Waals surface area contributed by atoms with Gasteiger partial charge in [0.05, 0.1) is 18.7 Å². The van der Waals surface area contributed by atoms with Crippen LogP contribution in [0.5, 0.6) is 0 Å². The molecule has 9 heteroatoms. The molecule has 1 saturated heterocycles. The number of anilines is 2. The Morgan fingerprint density at radius 1 is 0.861 bits per heavy atom. The Hall–Kier alpha value is -4.24. The summed E-state index contributed by atoms with van der Waals surface area (Å²) < 4.78 is 13.1. The number of carboxylic acid groups (broad SMARTS) is 1. The maximum atomic E-state index is 13.1. The van der Waals surface area contributed by atoms with Crippen LogP contribution in [-0.2, 0) is 11.3 Å². The SMILES string of the molecule is O=C(CN1CCN(C(=NCc2ccccc2)Nc2cccc(C(=O)O)c2)CC1)Nc1ccc(F)cc1. The van der Waals surface area contributed by atoms with Crippen molar-refractivity contribution in [2.45, 2.75) is 6.54 Å². The lowest BCUT2D eigenvalue weighted by atomic mass is 10.2. The zero-order valence-electron chi connectivity index (χ0n) is 19.7. The van der Waals surface area contributed by atoms with Gasteiger partial charge >= 0.3 is 5.97 Å². The number of aromatic carboxylic acids is 1. The van der Waals surface area contributed by atoms with Crippen molar-refractivity contribution in [1.29, 1.82) is 0 Å². The molecule has 1 aliphatic rings. The molecular weight excluding hydrogens is 461 g/mol. The number of nitrogens with one attached hydrogen (secondary N) is 2. The summed E-state index contributed by atoms with van der Waals surface area (Å²) in [5, 5.41) is 15.4. The first-order chi connectivity index (χ1) is 17.5. The third kappa shape index (κ3) is 7.13. The van der Waals surface area contributed by atoms with Crippen molar-refractivity contribution in [3.63, 3.8) is 0 Å². The van der Waals surface area contributed by atoms with E-state index in [2.05, 4.69) is 20.4 Å². The summed E-state index contributed by atoms with van der Waals surface area (Å²) in [6.45, 7) is 3.29. The summed E-state index contributed by atoms with van der Waals surface area (Å²) in [6.07, 6.45) is 0. The number of piperazine rings is 1. The van der Waals surface area contributed by atoms with E-state index in [-0.39, 0.29) is 23.8 Å². The number of halogens is 1. The summed E-state index contributed by atoms with van der Waals surface area (Å²) in [6, 6.07) is 22.2. The molecule has 0 aliphatic carbocycles. The van der Waals surface area contributed by atoms with Crippen molar-refractivity contribution in [3.8, 4) is 0 Å². The molecule has 0 bridgehead atoms. The second kappa shape index (κ2) is 11.9. The average molecular weight is 490 g/mol. The highest BCUT2D eigenvalue weighted by molar-refractivity contribution is 5.96. The lowest BCUT2D eigenvalue weighted by molar-refractivity contribution is -0.117. The maximum absolute atomic E-state index is 13.1. The van der Waals surface area contributed by atoms with Crippen LogP contribution < -0.4 is 10.6 Å². The van der Waals surface area contributed by atoms with E-state index >= 15 is 0 Å². The quantitative estimate of drug-likeness (QED) is 0.346. The third-order valence-corrected chi connectivity index (χ3v) is 5.79. The van der Waals surface area contributed by atoms with Crippen molar-refractivity contribution in [2.24, 2.45) is 4.99 Å². The number of hydrogen-bond donors (Lipinski definition) is 3. The van der Waals surface area contributed by atoms with Crippen molar-refractivity contribution in [2.75, 3.05) is 43.4 Å². The molecule has 1 fully saturated rings. The Morgan fingerprint density at radius 3 is 2.28 bits per heavy atom. The largest absolute Gasteiger partial charge is 0.478 e. The number of carbonyl (C=O) groups excluding carboxylic acids is 1.